The Balaban J connectivity index is 1.27. The summed E-state index contributed by atoms with van der Waals surface area (Å²) >= 11 is 0. The number of carbonyl (C=O) groups is 1. The number of hydrogen-bond acceptors (Lipinski definition) is 6. The molecule has 0 aliphatic carbocycles. The standard InChI is InChI=1S/C21H32N2O5/c1-21(2,3)28-20(25)22-10-8-16(9-11-22)23-14-19(15-23)27-13-12-26-18-6-4-17(24)5-7-18/h4-7,16,19,24H,8-15H2,1-3H3. The molecule has 156 valence electrons. The van der Waals surface area contributed by atoms with Gasteiger partial charge < -0.3 is 24.2 Å². The molecule has 0 bridgehead atoms. The third-order valence-electron chi connectivity index (χ3n) is 5.05. The molecule has 0 radical (unpaired) electrons. The minimum absolute atomic E-state index is 0.204. The van der Waals surface area contributed by atoms with Crippen molar-refractivity contribution in [2.75, 3.05) is 39.4 Å². The van der Waals surface area contributed by atoms with Crippen molar-refractivity contribution in [3.63, 3.8) is 0 Å². The Morgan fingerprint density at radius 3 is 2.36 bits per heavy atom. The highest BCUT2D eigenvalue weighted by molar-refractivity contribution is 5.68. The summed E-state index contributed by atoms with van der Waals surface area (Å²) in [4.78, 5) is 16.4. The van der Waals surface area contributed by atoms with E-state index in [0.717, 1.165) is 44.8 Å². The highest BCUT2D eigenvalue weighted by Crippen LogP contribution is 2.24. The van der Waals surface area contributed by atoms with Crippen LogP contribution in [0.25, 0.3) is 0 Å². The molecule has 0 spiro atoms. The monoisotopic (exact) mass is 392 g/mol. The molecule has 0 aromatic heterocycles. The quantitative estimate of drug-likeness (QED) is 0.751. The van der Waals surface area contributed by atoms with Crippen LogP contribution in [0.2, 0.25) is 0 Å². The van der Waals surface area contributed by atoms with Gasteiger partial charge >= 0.3 is 6.09 Å². The van der Waals surface area contributed by atoms with Gasteiger partial charge in [0.05, 0.1) is 12.7 Å². The molecule has 3 rings (SSSR count). The summed E-state index contributed by atoms with van der Waals surface area (Å²) in [5.74, 6) is 0.962. The molecule has 2 saturated heterocycles. The van der Waals surface area contributed by atoms with Crippen LogP contribution in [-0.2, 0) is 9.47 Å². The maximum absolute atomic E-state index is 12.1. The Morgan fingerprint density at radius 1 is 1.11 bits per heavy atom. The maximum atomic E-state index is 12.1. The third kappa shape index (κ3) is 6.01. The summed E-state index contributed by atoms with van der Waals surface area (Å²) in [6.45, 7) is 10.1. The van der Waals surface area contributed by atoms with Crippen LogP contribution in [0.3, 0.4) is 0 Å². The molecule has 2 aliphatic rings. The van der Waals surface area contributed by atoms with Gasteiger partial charge in [-0.3, -0.25) is 4.90 Å². The molecular formula is C21H32N2O5. The van der Waals surface area contributed by atoms with Gasteiger partial charge in [0.25, 0.3) is 0 Å². The number of amides is 1. The van der Waals surface area contributed by atoms with Crippen LogP contribution < -0.4 is 4.74 Å². The van der Waals surface area contributed by atoms with Crippen molar-refractivity contribution in [3.05, 3.63) is 24.3 Å². The van der Waals surface area contributed by atoms with E-state index in [9.17, 15) is 9.90 Å². The number of ether oxygens (including phenoxy) is 3. The second kappa shape index (κ2) is 9.01. The van der Waals surface area contributed by atoms with E-state index in [1.54, 1.807) is 24.3 Å². The fraction of sp³-hybridized carbons (Fsp3) is 0.667. The van der Waals surface area contributed by atoms with Crippen molar-refractivity contribution in [3.8, 4) is 11.5 Å². The summed E-state index contributed by atoms with van der Waals surface area (Å²) in [5.41, 5.74) is -0.442. The summed E-state index contributed by atoms with van der Waals surface area (Å²) in [6.07, 6.45) is 2.02. The zero-order chi connectivity index (χ0) is 20.1. The minimum atomic E-state index is -0.442. The van der Waals surface area contributed by atoms with Gasteiger partial charge in [-0.05, 0) is 57.9 Å². The van der Waals surface area contributed by atoms with Gasteiger partial charge in [0.2, 0.25) is 0 Å². The largest absolute Gasteiger partial charge is 0.508 e. The number of phenolic OH excluding ortho intramolecular Hbond substituents is 1. The molecule has 28 heavy (non-hydrogen) atoms. The molecule has 1 N–H and O–H groups in total. The van der Waals surface area contributed by atoms with Gasteiger partial charge in [0.15, 0.2) is 0 Å². The summed E-state index contributed by atoms with van der Waals surface area (Å²) < 4.78 is 16.9. The zero-order valence-corrected chi connectivity index (χ0v) is 17.1. The van der Waals surface area contributed by atoms with Crippen molar-refractivity contribution in [1.82, 2.24) is 9.80 Å². The lowest BCUT2D eigenvalue weighted by molar-refractivity contribution is -0.0855. The number of phenols is 1. The van der Waals surface area contributed by atoms with Crippen molar-refractivity contribution in [1.29, 1.82) is 0 Å². The highest BCUT2D eigenvalue weighted by Gasteiger charge is 2.36. The molecule has 0 saturated carbocycles. The van der Waals surface area contributed by atoms with Gasteiger partial charge in [0.1, 0.15) is 23.7 Å². The van der Waals surface area contributed by atoms with Crippen molar-refractivity contribution in [2.45, 2.75) is 51.4 Å². The van der Waals surface area contributed by atoms with Crippen molar-refractivity contribution >= 4 is 6.09 Å². The first kappa shape index (κ1) is 20.7. The molecule has 0 atom stereocenters. The average molecular weight is 392 g/mol. The van der Waals surface area contributed by atoms with E-state index in [-0.39, 0.29) is 17.9 Å². The lowest BCUT2D eigenvalue weighted by Gasteiger charge is -2.46. The summed E-state index contributed by atoms with van der Waals surface area (Å²) in [5, 5.41) is 9.25. The predicted octanol–water partition coefficient (Wildman–Crippen LogP) is 2.87. The van der Waals surface area contributed by atoms with E-state index in [1.165, 1.54) is 0 Å². The normalized spacial score (nSPS) is 19.3. The first-order valence-corrected chi connectivity index (χ1v) is 10.1. The number of aromatic hydroxyl groups is 1. The van der Waals surface area contributed by atoms with Gasteiger partial charge in [-0.2, -0.15) is 0 Å². The number of benzene rings is 1. The topological polar surface area (TPSA) is 71.5 Å². The second-order valence-corrected chi connectivity index (χ2v) is 8.49. The molecule has 0 unspecified atom stereocenters. The number of carbonyl (C=O) groups excluding carboxylic acids is 1. The van der Waals surface area contributed by atoms with E-state index in [4.69, 9.17) is 14.2 Å². The van der Waals surface area contributed by atoms with E-state index in [0.29, 0.717) is 19.3 Å². The fourth-order valence-electron chi connectivity index (χ4n) is 3.53. The second-order valence-electron chi connectivity index (χ2n) is 8.49. The molecular weight excluding hydrogens is 360 g/mol. The van der Waals surface area contributed by atoms with Gasteiger partial charge in [0, 0.05) is 32.2 Å². The number of rotatable bonds is 6. The summed E-state index contributed by atoms with van der Waals surface area (Å²) in [6, 6.07) is 7.21. The highest BCUT2D eigenvalue weighted by atomic mass is 16.6. The van der Waals surface area contributed by atoms with Crippen LogP contribution in [-0.4, -0.2) is 78.1 Å². The Hall–Kier alpha value is -1.99. The van der Waals surface area contributed by atoms with E-state index in [2.05, 4.69) is 4.90 Å². The number of hydrogen-bond donors (Lipinski definition) is 1. The Kier molecular flexibility index (Phi) is 6.67. The smallest absolute Gasteiger partial charge is 0.410 e. The Bertz CT molecular complexity index is 629. The summed E-state index contributed by atoms with van der Waals surface area (Å²) in [7, 11) is 0. The van der Waals surface area contributed by atoms with Crippen molar-refractivity contribution < 1.29 is 24.1 Å². The number of piperidine rings is 1. The number of nitrogens with zero attached hydrogens (tertiary/aromatic N) is 2. The molecule has 7 heteroatoms. The van der Waals surface area contributed by atoms with Crippen LogP contribution in [0.15, 0.2) is 24.3 Å². The van der Waals surface area contributed by atoms with Crippen LogP contribution in [0.1, 0.15) is 33.6 Å². The first-order chi connectivity index (χ1) is 13.3. The zero-order valence-electron chi connectivity index (χ0n) is 17.1. The molecule has 2 fully saturated rings. The first-order valence-electron chi connectivity index (χ1n) is 10.1. The van der Waals surface area contributed by atoms with E-state index < -0.39 is 5.60 Å². The molecule has 7 nitrogen and oxygen atoms in total. The average Bonchev–Trinajstić information content (AvgIpc) is 2.60. The molecule has 2 heterocycles. The molecule has 2 aliphatic heterocycles. The Labute approximate surface area is 167 Å². The van der Waals surface area contributed by atoms with Gasteiger partial charge in [-0.15, -0.1) is 0 Å². The third-order valence-corrected chi connectivity index (χ3v) is 5.05. The maximum Gasteiger partial charge on any atom is 0.410 e. The molecule has 1 aromatic carbocycles. The van der Waals surface area contributed by atoms with Crippen LogP contribution in [0.4, 0.5) is 4.79 Å². The lowest BCUT2D eigenvalue weighted by Crippen LogP contribution is -2.59. The van der Waals surface area contributed by atoms with E-state index in [1.807, 2.05) is 25.7 Å². The lowest BCUT2D eigenvalue weighted by atomic mass is 9.99. The molecule has 1 amide bonds. The fourth-order valence-corrected chi connectivity index (χ4v) is 3.53. The van der Waals surface area contributed by atoms with Gasteiger partial charge in [-0.25, -0.2) is 4.79 Å². The van der Waals surface area contributed by atoms with Gasteiger partial charge in [-0.1, -0.05) is 0 Å². The minimum Gasteiger partial charge on any atom is -0.508 e. The van der Waals surface area contributed by atoms with E-state index >= 15 is 0 Å². The number of likely N-dealkylation sites (tertiary alicyclic amines) is 2. The SMILES string of the molecule is CC(C)(C)OC(=O)N1CCC(N2CC(OCCOc3ccc(O)cc3)C2)CC1. The Morgan fingerprint density at radius 2 is 1.75 bits per heavy atom. The predicted molar refractivity (Wildman–Crippen MR) is 106 cm³/mol. The van der Waals surface area contributed by atoms with Crippen molar-refractivity contribution in [2.24, 2.45) is 0 Å². The van der Waals surface area contributed by atoms with Crippen LogP contribution in [0, 0.1) is 0 Å². The van der Waals surface area contributed by atoms with Crippen LogP contribution in [0.5, 0.6) is 11.5 Å². The molecule has 1 aromatic rings. The van der Waals surface area contributed by atoms with Crippen LogP contribution >= 0.6 is 0 Å².